The number of thioether (sulfide) groups is 1. The summed E-state index contributed by atoms with van der Waals surface area (Å²) >= 11 is 1.54. The van der Waals surface area contributed by atoms with E-state index in [4.69, 9.17) is 9.15 Å². The lowest BCUT2D eigenvalue weighted by atomic mass is 10.1. The van der Waals surface area contributed by atoms with Gasteiger partial charge in [0, 0.05) is 11.6 Å². The average molecular weight is 439 g/mol. The third-order valence-electron chi connectivity index (χ3n) is 4.54. The van der Waals surface area contributed by atoms with Crippen LogP contribution in [-0.4, -0.2) is 23.4 Å². The molecule has 0 spiro atoms. The number of allylic oxidation sites excluding steroid dienone is 2. The number of hydrogen-bond donors (Lipinski definition) is 0. The summed E-state index contributed by atoms with van der Waals surface area (Å²) in [5.74, 6) is 0.844. The van der Waals surface area contributed by atoms with E-state index < -0.39 is 0 Å². The normalized spacial score (nSPS) is 15.0. The number of rotatable bonds is 3. The van der Waals surface area contributed by atoms with Crippen LogP contribution in [0, 0.1) is 0 Å². The van der Waals surface area contributed by atoms with Gasteiger partial charge in [-0.25, -0.2) is 9.37 Å². The van der Waals surface area contributed by atoms with Crippen LogP contribution in [0.3, 0.4) is 0 Å². The quantitative estimate of drug-likeness (QED) is 0.646. The van der Waals surface area contributed by atoms with Crippen LogP contribution in [0.2, 0.25) is 0 Å². The highest BCUT2D eigenvalue weighted by atomic mass is 32.2. The summed E-state index contributed by atoms with van der Waals surface area (Å²) in [6.45, 7) is 14.0. The van der Waals surface area contributed by atoms with Crippen molar-refractivity contribution in [1.82, 2.24) is 0 Å². The number of ether oxygens (including phenoxy) is 1. The van der Waals surface area contributed by atoms with Gasteiger partial charge >= 0.3 is 5.63 Å². The van der Waals surface area contributed by atoms with Crippen molar-refractivity contribution in [2.75, 3.05) is 13.1 Å². The van der Waals surface area contributed by atoms with Gasteiger partial charge in [-0.05, 0) is 62.0 Å². The Hall–Kier alpha value is -2.79. The first-order valence-corrected chi connectivity index (χ1v) is 11.8. The zero-order valence-corrected chi connectivity index (χ0v) is 20.1. The third kappa shape index (κ3) is 5.88. The SMILES string of the molecule is CC.CC.CC[N+](CC)=C1C=Cc2c/c(=C/C=C3/Oc4ccccc4S3)c(=O)oc2=C1. The molecule has 1 aromatic heterocycles. The Morgan fingerprint density at radius 3 is 2.39 bits per heavy atom. The molecule has 4 nitrogen and oxygen atoms in total. The number of benzene rings is 1. The predicted octanol–water partition coefficient (Wildman–Crippen LogP) is 4.80. The fourth-order valence-corrected chi connectivity index (χ4v) is 3.94. The molecule has 0 radical (unpaired) electrons. The monoisotopic (exact) mass is 438 g/mol. The molecule has 0 unspecified atom stereocenters. The van der Waals surface area contributed by atoms with Crippen LogP contribution in [0.1, 0.15) is 47.1 Å². The highest BCUT2D eigenvalue weighted by molar-refractivity contribution is 8.03. The summed E-state index contributed by atoms with van der Waals surface area (Å²) in [6.07, 6.45) is 9.54. The molecule has 164 valence electrons. The molecule has 1 aromatic carbocycles. The summed E-state index contributed by atoms with van der Waals surface area (Å²) in [5, 5.41) is 1.25. The first kappa shape index (κ1) is 24.5. The maximum absolute atomic E-state index is 12.4. The van der Waals surface area contributed by atoms with Gasteiger partial charge in [-0.15, -0.1) is 0 Å². The Morgan fingerprint density at radius 1 is 1.00 bits per heavy atom. The Kier molecular flexibility index (Phi) is 9.60. The summed E-state index contributed by atoms with van der Waals surface area (Å²) < 4.78 is 13.6. The summed E-state index contributed by atoms with van der Waals surface area (Å²) in [7, 11) is 0. The van der Waals surface area contributed by atoms with Crippen molar-refractivity contribution in [2.45, 2.75) is 46.4 Å². The van der Waals surface area contributed by atoms with Crippen molar-refractivity contribution in [1.29, 1.82) is 0 Å². The molecule has 5 heteroatoms. The van der Waals surface area contributed by atoms with Crippen molar-refractivity contribution < 1.29 is 13.7 Å². The van der Waals surface area contributed by atoms with E-state index in [-0.39, 0.29) is 5.63 Å². The highest BCUT2D eigenvalue weighted by Gasteiger charge is 2.16. The fraction of sp³-hybridized carbons (Fsp3) is 0.308. The van der Waals surface area contributed by atoms with Crippen molar-refractivity contribution in [3.05, 3.63) is 74.2 Å². The molecule has 0 bridgehead atoms. The molecule has 2 aliphatic rings. The molecular weight excluding hydrogens is 406 g/mol. The number of hydrogen-bond acceptors (Lipinski definition) is 4. The third-order valence-corrected chi connectivity index (χ3v) is 5.52. The maximum Gasteiger partial charge on any atom is 0.343 e. The summed E-state index contributed by atoms with van der Waals surface area (Å²) in [5.41, 5.74) is 2.21. The van der Waals surface area contributed by atoms with Crippen LogP contribution in [0.15, 0.2) is 61.7 Å². The second-order valence-electron chi connectivity index (χ2n) is 6.19. The topological polar surface area (TPSA) is 42.5 Å². The number of para-hydroxylation sites is 1. The molecule has 4 rings (SSSR count). The van der Waals surface area contributed by atoms with E-state index >= 15 is 0 Å². The Balaban J connectivity index is 0.000000807. The molecule has 0 fully saturated rings. The lowest BCUT2D eigenvalue weighted by Gasteiger charge is -2.04. The van der Waals surface area contributed by atoms with E-state index in [0.717, 1.165) is 40.1 Å². The molecule has 1 aliphatic carbocycles. The lowest BCUT2D eigenvalue weighted by molar-refractivity contribution is -0.518. The van der Waals surface area contributed by atoms with Gasteiger partial charge in [-0.3, -0.25) is 0 Å². The molecule has 2 aromatic rings. The van der Waals surface area contributed by atoms with Gasteiger partial charge in [0.05, 0.1) is 16.2 Å². The molecule has 0 saturated heterocycles. The largest absolute Gasteiger partial charge is 0.449 e. The number of nitrogens with zero attached hydrogens (tertiary/aromatic N) is 1. The van der Waals surface area contributed by atoms with Crippen molar-refractivity contribution in [2.24, 2.45) is 0 Å². The van der Waals surface area contributed by atoms with E-state index in [1.165, 1.54) is 0 Å². The van der Waals surface area contributed by atoms with Crippen LogP contribution < -0.4 is 21.0 Å². The molecule has 0 amide bonds. The zero-order valence-electron chi connectivity index (χ0n) is 19.3. The van der Waals surface area contributed by atoms with Crippen LogP contribution in [0.25, 0.3) is 18.2 Å². The minimum Gasteiger partial charge on any atom is -0.449 e. The second-order valence-corrected chi connectivity index (χ2v) is 7.23. The van der Waals surface area contributed by atoms with Crippen molar-refractivity contribution >= 4 is 35.7 Å². The van der Waals surface area contributed by atoms with E-state index in [2.05, 4.69) is 24.5 Å². The molecule has 0 atom stereocenters. The van der Waals surface area contributed by atoms with Crippen LogP contribution >= 0.6 is 11.8 Å². The van der Waals surface area contributed by atoms with Gasteiger partial charge in [0.1, 0.15) is 24.3 Å². The van der Waals surface area contributed by atoms with Crippen molar-refractivity contribution in [3.63, 3.8) is 0 Å². The lowest BCUT2D eigenvalue weighted by Crippen LogP contribution is -2.32. The van der Waals surface area contributed by atoms with E-state index in [1.807, 2.05) is 76.3 Å². The van der Waals surface area contributed by atoms with Gasteiger partial charge < -0.3 is 9.15 Å². The van der Waals surface area contributed by atoms with Crippen LogP contribution in [-0.2, 0) is 0 Å². The van der Waals surface area contributed by atoms with Gasteiger partial charge in [-0.1, -0.05) is 39.8 Å². The van der Waals surface area contributed by atoms with E-state index in [1.54, 1.807) is 17.8 Å². The highest BCUT2D eigenvalue weighted by Crippen LogP contribution is 2.42. The van der Waals surface area contributed by atoms with Gasteiger partial charge in [-0.2, -0.15) is 0 Å². The summed E-state index contributed by atoms with van der Waals surface area (Å²) in [6, 6.07) is 9.72. The molecule has 1 aliphatic heterocycles. The van der Waals surface area contributed by atoms with E-state index in [9.17, 15) is 4.79 Å². The summed E-state index contributed by atoms with van der Waals surface area (Å²) in [4.78, 5) is 13.5. The first-order valence-electron chi connectivity index (χ1n) is 11.0. The standard InChI is InChI=1S/C22H20NO3S.2C2H6/c1-3-23(4-2)17-11-9-15-13-16(22(24)26-19(15)14-17)10-12-21-25-18-7-5-6-8-20(18)27-21;2*1-2/h5-14H,3-4H2,1-2H3;2*1-2H3/q+1;;/b16-10-,21-12-;;. The Bertz CT molecular complexity index is 1140. The molecule has 0 N–H and O–H groups in total. The smallest absolute Gasteiger partial charge is 0.343 e. The average Bonchev–Trinajstić information content (AvgIpc) is 3.24. The fourth-order valence-electron chi connectivity index (χ4n) is 3.10. The second kappa shape index (κ2) is 12.2. The molecular formula is C26H32NO3S+. The van der Waals surface area contributed by atoms with Crippen LogP contribution in [0.5, 0.6) is 5.75 Å². The molecule has 31 heavy (non-hydrogen) atoms. The first-order chi connectivity index (χ1) is 15.2. The Labute approximate surface area is 189 Å². The van der Waals surface area contributed by atoms with Gasteiger partial charge in [0.2, 0.25) is 5.71 Å². The maximum atomic E-state index is 12.4. The van der Waals surface area contributed by atoms with E-state index in [0.29, 0.717) is 10.6 Å². The van der Waals surface area contributed by atoms with Crippen LogP contribution in [0.4, 0.5) is 0 Å². The Morgan fingerprint density at radius 2 is 1.71 bits per heavy atom. The molecule has 0 saturated carbocycles. The molecule has 2 heterocycles. The minimum absolute atomic E-state index is 0.350. The van der Waals surface area contributed by atoms with Crippen molar-refractivity contribution in [3.8, 4) is 5.75 Å². The zero-order chi connectivity index (χ0) is 22.8. The van der Waals surface area contributed by atoms with Gasteiger partial charge in [0.25, 0.3) is 0 Å². The predicted molar refractivity (Wildman–Crippen MR) is 132 cm³/mol. The van der Waals surface area contributed by atoms with Gasteiger partial charge in [0.15, 0.2) is 5.09 Å². The number of fused-ring (bicyclic) bond motifs is 2. The minimum atomic E-state index is -0.350.